The molecule has 0 spiro atoms. The van der Waals surface area contributed by atoms with Gasteiger partial charge in [-0.05, 0) is 0 Å². The monoisotopic (exact) mass is 186 g/mol. The molecule has 0 aliphatic carbocycles. The van der Waals surface area contributed by atoms with Gasteiger partial charge in [0.05, 0.1) is 6.61 Å². The predicted octanol–water partition coefficient (Wildman–Crippen LogP) is -3.38. The molecule has 6 nitrogen and oxygen atoms in total. The van der Waals surface area contributed by atoms with Crippen LogP contribution in [0.5, 0.6) is 0 Å². The number of Topliss-reactive ketones (excluding diaryl/α,β-unsaturated/α-hetero) is 1. The van der Waals surface area contributed by atoms with Crippen LogP contribution in [-0.4, -0.2) is 62.8 Å². The molecule has 12 heavy (non-hydrogen) atoms. The fourth-order valence-electron chi connectivity index (χ4n) is 0.602. The van der Waals surface area contributed by atoms with Crippen molar-refractivity contribution in [2.75, 3.05) is 13.2 Å². The Morgan fingerprint density at radius 3 is 2.00 bits per heavy atom. The van der Waals surface area contributed by atoms with E-state index in [0.717, 1.165) is 0 Å². The standard InChI is InChI=1S/C6H12O6/c7-1-3(9)5(11)6(12)4(10)2-8/h3,5-9,11-12H,1-2H2/t3?,5-,6-/m1/s1/i1+1,2+1,3+1,4+1,5+1,6+1. The summed E-state index contributed by atoms with van der Waals surface area (Å²) in [5.74, 6) is -1.00. The first-order valence-corrected chi connectivity index (χ1v) is 3.33. The summed E-state index contributed by atoms with van der Waals surface area (Å²) in [7, 11) is 0. The van der Waals surface area contributed by atoms with Crippen molar-refractivity contribution < 1.29 is 30.3 Å². The van der Waals surface area contributed by atoms with Crippen LogP contribution >= 0.6 is 0 Å². The summed E-state index contributed by atoms with van der Waals surface area (Å²) in [6.45, 7) is -1.69. The van der Waals surface area contributed by atoms with E-state index in [1.54, 1.807) is 0 Å². The van der Waals surface area contributed by atoms with Gasteiger partial charge in [0.2, 0.25) is 0 Å². The number of aliphatic hydroxyl groups is 5. The molecule has 0 aromatic heterocycles. The Labute approximate surface area is 68.7 Å². The van der Waals surface area contributed by atoms with Crippen LogP contribution in [0.25, 0.3) is 0 Å². The van der Waals surface area contributed by atoms with E-state index in [1.165, 1.54) is 0 Å². The molecule has 0 saturated heterocycles. The first-order chi connectivity index (χ1) is 5.54. The quantitative estimate of drug-likeness (QED) is 0.286. The van der Waals surface area contributed by atoms with Gasteiger partial charge in [0.15, 0.2) is 5.78 Å². The second-order valence-corrected chi connectivity index (χ2v) is 2.31. The number of hydrogen-bond donors (Lipinski definition) is 5. The van der Waals surface area contributed by atoms with Crippen molar-refractivity contribution in [3.05, 3.63) is 0 Å². The normalized spacial score (nSPS) is 18.4. The van der Waals surface area contributed by atoms with Gasteiger partial charge in [-0.1, -0.05) is 0 Å². The zero-order valence-corrected chi connectivity index (χ0v) is 6.29. The number of rotatable bonds is 5. The molecule has 0 bridgehead atoms. The van der Waals surface area contributed by atoms with Crippen molar-refractivity contribution >= 4 is 5.78 Å². The summed E-state index contributed by atoms with van der Waals surface area (Å²) in [6, 6.07) is 0. The van der Waals surface area contributed by atoms with Crippen LogP contribution in [0.4, 0.5) is 0 Å². The first kappa shape index (κ1) is 11.5. The summed E-state index contributed by atoms with van der Waals surface area (Å²) in [5, 5.41) is 43.1. The minimum atomic E-state index is -1.86. The molecule has 3 atom stereocenters. The fraction of sp³-hybridized carbons (Fsp3) is 0.833. The Bertz CT molecular complexity index is 147. The predicted molar refractivity (Wildman–Crippen MR) is 37.2 cm³/mol. The zero-order chi connectivity index (χ0) is 9.72. The van der Waals surface area contributed by atoms with E-state index in [9.17, 15) is 4.79 Å². The van der Waals surface area contributed by atoms with Gasteiger partial charge >= 0.3 is 0 Å². The molecule has 0 radical (unpaired) electrons. The summed E-state index contributed by atoms with van der Waals surface area (Å²) in [6.07, 6.45) is -5.22. The number of carbonyl (C=O) groups excluding carboxylic acids is 1. The van der Waals surface area contributed by atoms with Crippen molar-refractivity contribution in [1.29, 1.82) is 0 Å². The second kappa shape index (κ2) is 5.18. The van der Waals surface area contributed by atoms with Crippen molar-refractivity contribution in [3.63, 3.8) is 0 Å². The fourth-order valence-corrected chi connectivity index (χ4v) is 0.602. The average molecular weight is 186 g/mol. The van der Waals surface area contributed by atoms with Crippen LogP contribution in [0.15, 0.2) is 0 Å². The molecule has 0 aromatic carbocycles. The highest BCUT2D eigenvalue weighted by atomic mass is 16.6. The van der Waals surface area contributed by atoms with Gasteiger partial charge in [-0.15, -0.1) is 0 Å². The van der Waals surface area contributed by atoms with Gasteiger partial charge in [-0.3, -0.25) is 4.79 Å². The summed E-state index contributed by atoms with van der Waals surface area (Å²) in [4.78, 5) is 10.5. The molecular weight excluding hydrogens is 174 g/mol. The summed E-state index contributed by atoms with van der Waals surface area (Å²) in [5.41, 5.74) is 0. The number of aliphatic hydroxyl groups excluding tert-OH is 5. The van der Waals surface area contributed by atoms with E-state index in [4.69, 9.17) is 25.5 Å². The SMILES string of the molecule is O=[13C]([13CH2]O)[13C@@H](O)[13C@H](O)[13CH](O)[13CH2]O. The third-order valence-corrected chi connectivity index (χ3v) is 1.39. The highest BCUT2D eigenvalue weighted by Crippen LogP contribution is 2.00. The lowest BCUT2D eigenvalue weighted by Gasteiger charge is -2.19. The van der Waals surface area contributed by atoms with Gasteiger partial charge in [0.1, 0.15) is 24.9 Å². The molecule has 0 rings (SSSR count). The van der Waals surface area contributed by atoms with Crippen LogP contribution in [0.3, 0.4) is 0 Å². The van der Waals surface area contributed by atoms with Gasteiger partial charge in [0, 0.05) is 0 Å². The molecule has 0 amide bonds. The zero-order valence-electron chi connectivity index (χ0n) is 6.29. The number of ketones is 1. The summed E-state index contributed by atoms with van der Waals surface area (Å²) >= 11 is 0. The van der Waals surface area contributed by atoms with Crippen molar-refractivity contribution in [3.8, 4) is 0 Å². The van der Waals surface area contributed by atoms with Crippen LogP contribution in [-0.2, 0) is 4.79 Å². The number of carbonyl (C=O) groups is 1. The maximum atomic E-state index is 10.5. The van der Waals surface area contributed by atoms with E-state index in [1.807, 2.05) is 0 Å². The molecule has 1 unspecified atom stereocenters. The molecule has 0 aromatic rings. The molecular formula is C6H12O6. The maximum absolute atomic E-state index is 10.5. The summed E-state index contributed by atoms with van der Waals surface area (Å²) < 4.78 is 0. The average Bonchev–Trinajstić information content (AvgIpc) is 2.12. The molecule has 6 heteroatoms. The van der Waals surface area contributed by atoms with Gasteiger partial charge < -0.3 is 25.5 Å². The van der Waals surface area contributed by atoms with Gasteiger partial charge in [-0.2, -0.15) is 0 Å². The van der Waals surface area contributed by atoms with E-state index in [0.29, 0.717) is 0 Å². The first-order valence-electron chi connectivity index (χ1n) is 3.33. The minimum Gasteiger partial charge on any atom is -0.394 e. The molecule has 0 saturated carbocycles. The lowest BCUT2D eigenvalue weighted by Crippen LogP contribution is -2.44. The van der Waals surface area contributed by atoms with Crippen LogP contribution < -0.4 is 0 Å². The molecule has 0 fully saturated rings. The van der Waals surface area contributed by atoms with Crippen molar-refractivity contribution in [2.24, 2.45) is 0 Å². The van der Waals surface area contributed by atoms with E-state index in [2.05, 4.69) is 0 Å². The van der Waals surface area contributed by atoms with E-state index < -0.39 is 37.3 Å². The molecule has 72 valence electrons. The Balaban J connectivity index is 4.08. The van der Waals surface area contributed by atoms with Crippen molar-refractivity contribution in [1.82, 2.24) is 0 Å². The minimum absolute atomic E-state index is 0.767. The highest BCUT2D eigenvalue weighted by molar-refractivity contribution is 5.84. The smallest absolute Gasteiger partial charge is 0.189 e. The molecule has 0 heterocycles. The largest absolute Gasteiger partial charge is 0.394 e. The highest BCUT2D eigenvalue weighted by Gasteiger charge is 2.28. The second-order valence-electron chi connectivity index (χ2n) is 2.31. The third kappa shape index (κ3) is 2.84. The van der Waals surface area contributed by atoms with Crippen LogP contribution in [0.1, 0.15) is 0 Å². The number of hydrogen-bond acceptors (Lipinski definition) is 6. The molecule has 0 aliphatic heterocycles. The van der Waals surface area contributed by atoms with Gasteiger partial charge in [-0.25, -0.2) is 0 Å². The van der Waals surface area contributed by atoms with Gasteiger partial charge in [0.25, 0.3) is 0 Å². The van der Waals surface area contributed by atoms with Crippen molar-refractivity contribution in [2.45, 2.75) is 18.3 Å². The Morgan fingerprint density at radius 2 is 1.67 bits per heavy atom. The van der Waals surface area contributed by atoms with Crippen LogP contribution in [0.2, 0.25) is 0 Å². The topological polar surface area (TPSA) is 118 Å². The lowest BCUT2D eigenvalue weighted by molar-refractivity contribution is -0.142. The van der Waals surface area contributed by atoms with E-state index in [-0.39, 0.29) is 0 Å². The molecule has 0 aliphatic rings. The Morgan fingerprint density at radius 1 is 1.17 bits per heavy atom. The van der Waals surface area contributed by atoms with Crippen LogP contribution in [0, 0.1) is 0 Å². The lowest BCUT2D eigenvalue weighted by atomic mass is 11.0. The third-order valence-electron chi connectivity index (χ3n) is 1.39. The maximum Gasteiger partial charge on any atom is 0.189 e. The molecule has 5 N–H and O–H groups in total. The Kier molecular flexibility index (Phi) is 4.95. The van der Waals surface area contributed by atoms with E-state index >= 15 is 0 Å². The Hall–Kier alpha value is -0.530.